The van der Waals surface area contributed by atoms with E-state index in [0.717, 1.165) is 23.8 Å². The summed E-state index contributed by atoms with van der Waals surface area (Å²) >= 11 is 0. The van der Waals surface area contributed by atoms with Crippen molar-refractivity contribution >= 4 is 11.6 Å². The Hall–Kier alpha value is -3.14. The van der Waals surface area contributed by atoms with Gasteiger partial charge in [0.25, 0.3) is 0 Å². The zero-order chi connectivity index (χ0) is 20.5. The van der Waals surface area contributed by atoms with E-state index in [4.69, 9.17) is 10.00 Å². The van der Waals surface area contributed by atoms with E-state index in [1.165, 1.54) is 6.07 Å². The second-order valence-corrected chi connectivity index (χ2v) is 6.50. The summed E-state index contributed by atoms with van der Waals surface area (Å²) in [5, 5.41) is 9.01. The number of benzene rings is 2. The monoisotopic (exact) mass is 387 g/mol. The molecular formula is C21H16F3NO3. The van der Waals surface area contributed by atoms with Crippen LogP contribution >= 0.6 is 0 Å². The van der Waals surface area contributed by atoms with Gasteiger partial charge < -0.3 is 4.74 Å². The number of halogens is 3. The van der Waals surface area contributed by atoms with Crippen LogP contribution in [0.15, 0.2) is 36.4 Å². The Morgan fingerprint density at radius 3 is 2.25 bits per heavy atom. The van der Waals surface area contributed by atoms with Crippen molar-refractivity contribution in [1.82, 2.24) is 0 Å². The van der Waals surface area contributed by atoms with Crippen LogP contribution in [0.1, 0.15) is 47.9 Å². The third-order valence-corrected chi connectivity index (χ3v) is 4.72. The summed E-state index contributed by atoms with van der Waals surface area (Å²) in [5.41, 5.74) is -0.172. The van der Waals surface area contributed by atoms with Gasteiger partial charge >= 0.3 is 6.18 Å². The number of carbonyl (C=O) groups excluding carboxylic acids is 2. The van der Waals surface area contributed by atoms with Crippen LogP contribution in [0.4, 0.5) is 13.2 Å². The van der Waals surface area contributed by atoms with E-state index < -0.39 is 23.2 Å². The first-order valence-corrected chi connectivity index (χ1v) is 8.72. The van der Waals surface area contributed by atoms with Crippen molar-refractivity contribution < 1.29 is 27.5 Å². The van der Waals surface area contributed by atoms with Crippen molar-refractivity contribution in [2.75, 3.05) is 0 Å². The van der Waals surface area contributed by atoms with Gasteiger partial charge in [-0.3, -0.25) is 9.59 Å². The Kier molecular flexibility index (Phi) is 5.23. The van der Waals surface area contributed by atoms with Crippen LogP contribution in [-0.4, -0.2) is 11.6 Å². The quantitative estimate of drug-likeness (QED) is 0.697. The lowest BCUT2D eigenvalue weighted by Gasteiger charge is -2.16. The van der Waals surface area contributed by atoms with E-state index in [-0.39, 0.29) is 35.9 Å². The Morgan fingerprint density at radius 1 is 1.07 bits per heavy atom. The number of carbonyl (C=O) groups is 2. The first-order chi connectivity index (χ1) is 13.2. The molecule has 0 aromatic heterocycles. The first-order valence-electron chi connectivity index (χ1n) is 8.72. The zero-order valence-corrected chi connectivity index (χ0v) is 15.0. The summed E-state index contributed by atoms with van der Waals surface area (Å²) in [6.45, 7) is 1.90. The third kappa shape index (κ3) is 3.77. The van der Waals surface area contributed by atoms with Crippen LogP contribution < -0.4 is 4.74 Å². The van der Waals surface area contributed by atoms with Gasteiger partial charge in [0.1, 0.15) is 29.0 Å². The van der Waals surface area contributed by atoms with E-state index in [1.54, 1.807) is 18.2 Å². The van der Waals surface area contributed by atoms with Gasteiger partial charge in [-0.2, -0.15) is 18.4 Å². The first kappa shape index (κ1) is 19.6. The van der Waals surface area contributed by atoms with Gasteiger partial charge in [0, 0.05) is 12.8 Å². The molecule has 2 aromatic rings. The fraction of sp³-hybridized carbons (Fsp3) is 0.286. The van der Waals surface area contributed by atoms with Gasteiger partial charge in [-0.15, -0.1) is 0 Å². The molecule has 1 fully saturated rings. The fourth-order valence-electron chi connectivity index (χ4n) is 3.35. The molecule has 3 rings (SSSR count). The highest BCUT2D eigenvalue weighted by Crippen LogP contribution is 2.36. The summed E-state index contributed by atoms with van der Waals surface area (Å²) in [6.07, 6.45) is -3.60. The smallest absolute Gasteiger partial charge is 0.417 e. The molecule has 0 N–H and O–H groups in total. The maximum absolute atomic E-state index is 12.9. The predicted molar refractivity (Wildman–Crippen MR) is 94.0 cm³/mol. The number of hydrogen-bond donors (Lipinski definition) is 0. The summed E-state index contributed by atoms with van der Waals surface area (Å²) in [4.78, 5) is 24.3. The number of nitrogens with zero attached hydrogens (tertiary/aromatic N) is 1. The second kappa shape index (κ2) is 7.47. The molecule has 0 unspecified atom stereocenters. The van der Waals surface area contributed by atoms with E-state index in [0.29, 0.717) is 12.0 Å². The van der Waals surface area contributed by atoms with Gasteiger partial charge in [0.05, 0.1) is 17.2 Å². The fourth-order valence-corrected chi connectivity index (χ4v) is 3.35. The highest BCUT2D eigenvalue weighted by molar-refractivity contribution is 6.13. The van der Waals surface area contributed by atoms with Crippen molar-refractivity contribution in [2.24, 2.45) is 0 Å². The van der Waals surface area contributed by atoms with E-state index in [1.807, 2.05) is 6.92 Å². The third-order valence-electron chi connectivity index (χ3n) is 4.72. The molecule has 2 aromatic carbocycles. The highest BCUT2D eigenvalue weighted by Gasteiger charge is 2.36. The van der Waals surface area contributed by atoms with Crippen LogP contribution in [0.2, 0.25) is 0 Å². The second-order valence-electron chi connectivity index (χ2n) is 6.50. The molecule has 0 bridgehead atoms. The molecule has 0 atom stereocenters. The summed E-state index contributed by atoms with van der Waals surface area (Å²) < 4.78 is 44.4. The molecule has 0 spiro atoms. The topological polar surface area (TPSA) is 67.2 Å². The lowest BCUT2D eigenvalue weighted by Crippen LogP contribution is -2.14. The Labute approximate surface area is 159 Å². The molecule has 28 heavy (non-hydrogen) atoms. The van der Waals surface area contributed by atoms with Crippen LogP contribution in [0.5, 0.6) is 11.5 Å². The standard InChI is InChI=1S/C21H16F3NO3/c1-2-12-3-4-15(10-16(12)20-18(26)7-8-19(20)27)28-14-5-6-17(21(22,23)24)13(9-14)11-25/h3-6,9-10,20H,2,7-8H2,1H3. The SMILES string of the molecule is CCc1ccc(Oc2ccc(C(F)(F)F)c(C#N)c2)cc1C1C(=O)CCC1=O. The Balaban J connectivity index is 1.96. The molecule has 144 valence electrons. The normalized spacial score (nSPS) is 15.0. The van der Waals surface area contributed by atoms with Crippen molar-refractivity contribution in [2.45, 2.75) is 38.3 Å². The number of aryl methyl sites for hydroxylation is 1. The van der Waals surface area contributed by atoms with Crippen molar-refractivity contribution in [1.29, 1.82) is 5.26 Å². The lowest BCUT2D eigenvalue weighted by atomic mass is 9.90. The number of Topliss-reactive ketones (excluding diaryl/α,β-unsaturated/α-hetero) is 2. The minimum Gasteiger partial charge on any atom is -0.457 e. The molecule has 7 heteroatoms. The average molecular weight is 387 g/mol. The molecule has 0 heterocycles. The van der Waals surface area contributed by atoms with E-state index >= 15 is 0 Å². The molecule has 1 aliphatic carbocycles. The van der Waals surface area contributed by atoms with E-state index in [2.05, 4.69) is 0 Å². The largest absolute Gasteiger partial charge is 0.457 e. The Morgan fingerprint density at radius 2 is 1.68 bits per heavy atom. The summed E-state index contributed by atoms with van der Waals surface area (Å²) in [5.74, 6) is -0.760. The molecule has 0 amide bonds. The summed E-state index contributed by atoms with van der Waals surface area (Å²) in [7, 11) is 0. The molecule has 1 saturated carbocycles. The molecule has 0 aliphatic heterocycles. The van der Waals surface area contributed by atoms with Crippen LogP contribution in [-0.2, 0) is 22.2 Å². The number of nitriles is 1. The summed E-state index contributed by atoms with van der Waals surface area (Å²) in [6, 6.07) is 9.39. The zero-order valence-electron chi connectivity index (χ0n) is 15.0. The molecule has 0 saturated heterocycles. The van der Waals surface area contributed by atoms with Gasteiger partial charge in [-0.25, -0.2) is 0 Å². The molecular weight excluding hydrogens is 371 g/mol. The number of alkyl halides is 3. The molecule has 1 aliphatic rings. The number of hydrogen-bond acceptors (Lipinski definition) is 4. The van der Waals surface area contributed by atoms with Crippen LogP contribution in [0.25, 0.3) is 0 Å². The van der Waals surface area contributed by atoms with Crippen LogP contribution in [0, 0.1) is 11.3 Å². The molecule has 0 radical (unpaired) electrons. The number of rotatable bonds is 4. The number of ether oxygens (including phenoxy) is 1. The predicted octanol–water partition coefficient (Wildman–Crippen LogP) is 4.95. The Bertz CT molecular complexity index is 973. The van der Waals surface area contributed by atoms with Crippen LogP contribution in [0.3, 0.4) is 0 Å². The van der Waals surface area contributed by atoms with Crippen molar-refractivity contribution in [3.05, 3.63) is 58.7 Å². The van der Waals surface area contributed by atoms with Gasteiger partial charge in [-0.05, 0) is 47.9 Å². The minimum absolute atomic E-state index is 0.0591. The van der Waals surface area contributed by atoms with Crippen molar-refractivity contribution in [3.63, 3.8) is 0 Å². The minimum atomic E-state index is -4.64. The lowest BCUT2D eigenvalue weighted by molar-refractivity contribution is -0.137. The van der Waals surface area contributed by atoms with Gasteiger partial charge in [-0.1, -0.05) is 13.0 Å². The average Bonchev–Trinajstić information content (AvgIpc) is 2.98. The molecule has 4 nitrogen and oxygen atoms in total. The van der Waals surface area contributed by atoms with Gasteiger partial charge in [0.15, 0.2) is 0 Å². The van der Waals surface area contributed by atoms with E-state index in [9.17, 15) is 22.8 Å². The maximum atomic E-state index is 12.9. The number of ketones is 2. The maximum Gasteiger partial charge on any atom is 0.417 e. The highest BCUT2D eigenvalue weighted by atomic mass is 19.4. The van der Waals surface area contributed by atoms with Crippen molar-refractivity contribution in [3.8, 4) is 17.6 Å². The van der Waals surface area contributed by atoms with Gasteiger partial charge in [0.2, 0.25) is 0 Å².